The second-order valence-corrected chi connectivity index (χ2v) is 3.33. The van der Waals surface area contributed by atoms with Crippen LogP contribution in [0.2, 0.25) is 0 Å². The van der Waals surface area contributed by atoms with E-state index in [-0.39, 0.29) is 19.0 Å². The monoisotopic (exact) mass is 198 g/mol. The molecule has 78 valence electrons. The fourth-order valence-electron chi connectivity index (χ4n) is 0.880. The molecule has 1 rings (SSSR count). The Hall–Kier alpha value is -1.40. The first-order chi connectivity index (χ1) is 6.59. The molecular formula is C8H14N4O2. The zero-order valence-electron chi connectivity index (χ0n) is 7.94. The van der Waals surface area contributed by atoms with Gasteiger partial charge in [0, 0.05) is 0 Å². The molecule has 0 aromatic carbocycles. The molecule has 0 bridgehead atoms. The lowest BCUT2D eigenvalue weighted by Gasteiger charge is -2.26. The SMILES string of the molecule is CC(CO)(CO)Nc1cncc(N)n1. The zero-order valence-corrected chi connectivity index (χ0v) is 7.94. The predicted octanol–water partition coefficient (Wildman–Crippen LogP) is -0.786. The average molecular weight is 198 g/mol. The van der Waals surface area contributed by atoms with Crippen molar-refractivity contribution >= 4 is 11.6 Å². The zero-order chi connectivity index (χ0) is 10.6. The van der Waals surface area contributed by atoms with E-state index in [1.807, 2.05) is 0 Å². The van der Waals surface area contributed by atoms with Gasteiger partial charge in [0.2, 0.25) is 0 Å². The number of anilines is 2. The summed E-state index contributed by atoms with van der Waals surface area (Å²) in [4.78, 5) is 7.76. The van der Waals surface area contributed by atoms with Gasteiger partial charge in [0.15, 0.2) is 0 Å². The van der Waals surface area contributed by atoms with Crippen LogP contribution in [0.5, 0.6) is 0 Å². The fourth-order valence-corrected chi connectivity index (χ4v) is 0.880. The number of aliphatic hydroxyl groups excluding tert-OH is 2. The summed E-state index contributed by atoms with van der Waals surface area (Å²) < 4.78 is 0. The topological polar surface area (TPSA) is 104 Å². The molecule has 0 atom stereocenters. The van der Waals surface area contributed by atoms with Gasteiger partial charge in [-0.1, -0.05) is 0 Å². The number of hydrogen-bond acceptors (Lipinski definition) is 6. The summed E-state index contributed by atoms with van der Waals surface area (Å²) in [5, 5.41) is 20.9. The molecule has 0 radical (unpaired) electrons. The highest BCUT2D eigenvalue weighted by atomic mass is 16.3. The Morgan fingerprint density at radius 1 is 1.43 bits per heavy atom. The molecule has 14 heavy (non-hydrogen) atoms. The van der Waals surface area contributed by atoms with E-state index in [4.69, 9.17) is 15.9 Å². The first-order valence-corrected chi connectivity index (χ1v) is 4.17. The Kier molecular flexibility index (Phi) is 3.21. The standard InChI is InChI=1S/C8H14N4O2/c1-8(4-13,5-14)12-7-3-10-2-6(9)11-7/h2-3,13-14H,4-5H2,1H3,(H3,9,11,12). The van der Waals surface area contributed by atoms with Crippen LogP contribution in [0.25, 0.3) is 0 Å². The Morgan fingerprint density at radius 2 is 2.07 bits per heavy atom. The Labute approximate surface area is 81.8 Å². The minimum absolute atomic E-state index is 0.208. The second kappa shape index (κ2) is 4.21. The normalized spacial score (nSPS) is 11.4. The molecule has 0 aliphatic carbocycles. The summed E-state index contributed by atoms with van der Waals surface area (Å²) in [5.41, 5.74) is 4.60. The number of aromatic nitrogens is 2. The van der Waals surface area contributed by atoms with Gasteiger partial charge in [-0.2, -0.15) is 0 Å². The first-order valence-electron chi connectivity index (χ1n) is 4.17. The van der Waals surface area contributed by atoms with E-state index < -0.39 is 5.54 Å². The van der Waals surface area contributed by atoms with E-state index in [9.17, 15) is 0 Å². The van der Waals surface area contributed by atoms with E-state index >= 15 is 0 Å². The van der Waals surface area contributed by atoms with Crippen molar-refractivity contribution in [1.29, 1.82) is 0 Å². The molecule has 0 fully saturated rings. The molecular weight excluding hydrogens is 184 g/mol. The van der Waals surface area contributed by atoms with Gasteiger partial charge in [-0.25, -0.2) is 4.98 Å². The molecule has 0 unspecified atom stereocenters. The Balaban J connectivity index is 2.77. The molecule has 6 nitrogen and oxygen atoms in total. The summed E-state index contributed by atoms with van der Waals surface area (Å²) >= 11 is 0. The van der Waals surface area contributed by atoms with Crippen molar-refractivity contribution in [3.8, 4) is 0 Å². The third-order valence-electron chi connectivity index (χ3n) is 1.78. The maximum absolute atomic E-state index is 9.01. The third-order valence-corrected chi connectivity index (χ3v) is 1.78. The molecule has 5 N–H and O–H groups in total. The van der Waals surface area contributed by atoms with Crippen LogP contribution >= 0.6 is 0 Å². The van der Waals surface area contributed by atoms with Crippen molar-refractivity contribution in [2.45, 2.75) is 12.5 Å². The molecule has 0 amide bonds. The van der Waals surface area contributed by atoms with E-state index in [0.29, 0.717) is 5.82 Å². The van der Waals surface area contributed by atoms with Gasteiger partial charge in [-0.3, -0.25) is 4.98 Å². The highest BCUT2D eigenvalue weighted by Crippen LogP contribution is 2.11. The highest BCUT2D eigenvalue weighted by Gasteiger charge is 2.22. The average Bonchev–Trinajstić information content (AvgIpc) is 2.18. The second-order valence-electron chi connectivity index (χ2n) is 3.33. The molecule has 1 aromatic heterocycles. The van der Waals surface area contributed by atoms with Crippen LogP contribution in [0.3, 0.4) is 0 Å². The van der Waals surface area contributed by atoms with E-state index in [2.05, 4.69) is 15.3 Å². The van der Waals surface area contributed by atoms with Gasteiger partial charge >= 0.3 is 0 Å². The van der Waals surface area contributed by atoms with Crippen LogP contribution in [-0.4, -0.2) is 38.9 Å². The van der Waals surface area contributed by atoms with Crippen molar-refractivity contribution in [3.63, 3.8) is 0 Å². The molecule has 0 aliphatic rings. The number of rotatable bonds is 4. The highest BCUT2D eigenvalue weighted by molar-refractivity contribution is 5.40. The molecule has 6 heteroatoms. The Morgan fingerprint density at radius 3 is 2.57 bits per heavy atom. The summed E-state index contributed by atoms with van der Waals surface area (Å²) in [5.74, 6) is 0.712. The molecule has 0 spiro atoms. The lowest BCUT2D eigenvalue weighted by molar-refractivity contribution is 0.147. The molecule has 0 saturated heterocycles. The van der Waals surface area contributed by atoms with Crippen LogP contribution in [0, 0.1) is 0 Å². The minimum Gasteiger partial charge on any atom is -0.394 e. The number of hydrogen-bond donors (Lipinski definition) is 4. The number of nitrogen functional groups attached to an aromatic ring is 1. The van der Waals surface area contributed by atoms with Gasteiger partial charge < -0.3 is 21.3 Å². The van der Waals surface area contributed by atoms with E-state index in [1.165, 1.54) is 12.4 Å². The van der Waals surface area contributed by atoms with Crippen molar-refractivity contribution in [1.82, 2.24) is 9.97 Å². The van der Waals surface area contributed by atoms with Crippen LogP contribution in [0.4, 0.5) is 11.6 Å². The van der Waals surface area contributed by atoms with Gasteiger partial charge in [0.25, 0.3) is 0 Å². The van der Waals surface area contributed by atoms with Gasteiger partial charge in [0.05, 0.1) is 31.1 Å². The number of nitrogens with one attached hydrogen (secondary N) is 1. The van der Waals surface area contributed by atoms with Gasteiger partial charge in [0.1, 0.15) is 11.6 Å². The Bertz CT molecular complexity index is 301. The lowest BCUT2D eigenvalue weighted by atomic mass is 10.1. The summed E-state index contributed by atoms with van der Waals surface area (Å²) in [6, 6.07) is 0. The quantitative estimate of drug-likeness (QED) is 0.505. The van der Waals surface area contributed by atoms with Crippen LogP contribution < -0.4 is 11.1 Å². The van der Waals surface area contributed by atoms with Gasteiger partial charge in [-0.05, 0) is 6.92 Å². The maximum atomic E-state index is 9.01. The fraction of sp³-hybridized carbons (Fsp3) is 0.500. The summed E-state index contributed by atoms with van der Waals surface area (Å²) in [7, 11) is 0. The van der Waals surface area contributed by atoms with E-state index in [1.54, 1.807) is 6.92 Å². The van der Waals surface area contributed by atoms with Crippen molar-refractivity contribution in [3.05, 3.63) is 12.4 Å². The van der Waals surface area contributed by atoms with Gasteiger partial charge in [-0.15, -0.1) is 0 Å². The van der Waals surface area contributed by atoms with Crippen LogP contribution in [-0.2, 0) is 0 Å². The minimum atomic E-state index is -0.817. The summed E-state index contributed by atoms with van der Waals surface area (Å²) in [6.45, 7) is 1.25. The smallest absolute Gasteiger partial charge is 0.147 e. The third kappa shape index (κ3) is 2.54. The molecule has 1 heterocycles. The van der Waals surface area contributed by atoms with E-state index in [0.717, 1.165) is 0 Å². The van der Waals surface area contributed by atoms with Crippen molar-refractivity contribution in [2.24, 2.45) is 0 Å². The largest absolute Gasteiger partial charge is 0.394 e. The van der Waals surface area contributed by atoms with Crippen LogP contribution in [0.15, 0.2) is 12.4 Å². The van der Waals surface area contributed by atoms with Crippen molar-refractivity contribution < 1.29 is 10.2 Å². The molecule has 0 saturated carbocycles. The predicted molar refractivity (Wildman–Crippen MR) is 52.6 cm³/mol. The maximum Gasteiger partial charge on any atom is 0.147 e. The van der Waals surface area contributed by atoms with Crippen LogP contribution in [0.1, 0.15) is 6.92 Å². The van der Waals surface area contributed by atoms with Crippen molar-refractivity contribution in [2.75, 3.05) is 24.3 Å². The summed E-state index contributed by atoms with van der Waals surface area (Å²) in [6.07, 6.45) is 2.89. The first kappa shape index (κ1) is 10.7. The number of aliphatic hydroxyl groups is 2. The number of nitrogens with two attached hydrogens (primary N) is 1. The number of nitrogens with zero attached hydrogens (tertiary/aromatic N) is 2. The lowest BCUT2D eigenvalue weighted by Crippen LogP contribution is -2.42. The molecule has 1 aromatic rings. The molecule has 0 aliphatic heterocycles.